The topological polar surface area (TPSA) is 85.3 Å². The van der Waals surface area contributed by atoms with Crippen molar-refractivity contribution in [2.24, 2.45) is 0 Å². The van der Waals surface area contributed by atoms with Crippen LogP contribution in [0.15, 0.2) is 35.1 Å². The number of rotatable bonds is 5. The van der Waals surface area contributed by atoms with Gasteiger partial charge in [-0.25, -0.2) is 0 Å². The highest BCUT2D eigenvalue weighted by Gasteiger charge is 2.26. The maximum Gasteiger partial charge on any atom is 0.257 e. The summed E-state index contributed by atoms with van der Waals surface area (Å²) in [5, 5.41) is 23.3. The van der Waals surface area contributed by atoms with E-state index in [0.29, 0.717) is 17.6 Å². The van der Waals surface area contributed by atoms with E-state index in [2.05, 4.69) is 10.3 Å². The van der Waals surface area contributed by atoms with E-state index in [1.165, 1.54) is 0 Å². The Morgan fingerprint density at radius 1 is 1.26 bits per heavy atom. The van der Waals surface area contributed by atoms with Crippen LogP contribution in [-0.2, 0) is 0 Å². The van der Waals surface area contributed by atoms with Crippen LogP contribution in [0.3, 0.4) is 0 Å². The number of hydrogen-bond acceptors (Lipinski definition) is 4. The second-order valence-corrected chi connectivity index (χ2v) is 4.67. The van der Waals surface area contributed by atoms with Gasteiger partial charge >= 0.3 is 0 Å². The Morgan fingerprint density at radius 2 is 1.95 bits per heavy atom. The Kier molecular flexibility index (Phi) is 3.87. The molecule has 0 saturated heterocycles. The van der Waals surface area contributed by atoms with Crippen molar-refractivity contribution >= 4 is 16.6 Å². The quantitative estimate of drug-likeness (QED) is 0.649. The number of benzene rings is 1. The van der Waals surface area contributed by atoms with Crippen LogP contribution in [0.25, 0.3) is 10.8 Å². The van der Waals surface area contributed by atoms with Gasteiger partial charge in [-0.3, -0.25) is 4.79 Å². The average Bonchev–Trinajstić information content (AvgIpc) is 2.45. The number of aliphatic hydroxyl groups is 2. The van der Waals surface area contributed by atoms with Gasteiger partial charge in [-0.1, -0.05) is 25.1 Å². The van der Waals surface area contributed by atoms with Gasteiger partial charge in [-0.15, -0.1) is 0 Å². The minimum absolute atomic E-state index is 0.193. The molecule has 0 aliphatic carbocycles. The molecule has 0 aliphatic rings. The number of aromatic amines is 1. The molecule has 0 atom stereocenters. The molecular formula is C14H18N2O3. The summed E-state index contributed by atoms with van der Waals surface area (Å²) in [6.07, 6.45) is 0.537. The molecule has 0 amide bonds. The molecule has 0 fully saturated rings. The van der Waals surface area contributed by atoms with Crippen LogP contribution in [0.2, 0.25) is 0 Å². The predicted molar refractivity (Wildman–Crippen MR) is 75.4 cm³/mol. The van der Waals surface area contributed by atoms with Crippen molar-refractivity contribution < 1.29 is 10.2 Å². The SMILES string of the molecule is CCC(CO)(CO)Nc1cc2ccccc2c(=O)[nH]1. The van der Waals surface area contributed by atoms with Crippen molar-refractivity contribution in [1.82, 2.24) is 4.98 Å². The van der Waals surface area contributed by atoms with Gasteiger partial charge < -0.3 is 20.5 Å². The lowest BCUT2D eigenvalue weighted by molar-refractivity contribution is 0.132. The summed E-state index contributed by atoms with van der Waals surface area (Å²) in [4.78, 5) is 14.6. The van der Waals surface area contributed by atoms with Crippen molar-refractivity contribution in [2.45, 2.75) is 18.9 Å². The smallest absolute Gasteiger partial charge is 0.257 e. The normalized spacial score (nSPS) is 11.7. The molecule has 1 heterocycles. The first-order valence-corrected chi connectivity index (χ1v) is 6.26. The molecule has 0 bridgehead atoms. The zero-order chi connectivity index (χ0) is 13.9. The van der Waals surface area contributed by atoms with Crippen LogP contribution in [0, 0.1) is 0 Å². The molecule has 0 saturated carbocycles. The highest BCUT2D eigenvalue weighted by molar-refractivity contribution is 5.83. The van der Waals surface area contributed by atoms with Gasteiger partial charge in [0.05, 0.1) is 18.8 Å². The van der Waals surface area contributed by atoms with Gasteiger partial charge in [0.2, 0.25) is 0 Å². The lowest BCUT2D eigenvalue weighted by Gasteiger charge is -2.30. The molecule has 5 nitrogen and oxygen atoms in total. The second-order valence-electron chi connectivity index (χ2n) is 4.67. The molecule has 1 aromatic heterocycles. The van der Waals surface area contributed by atoms with Crippen molar-refractivity contribution in [3.8, 4) is 0 Å². The number of fused-ring (bicyclic) bond motifs is 1. The summed E-state index contributed by atoms with van der Waals surface area (Å²) in [5.74, 6) is 0.494. The third-order valence-electron chi connectivity index (χ3n) is 3.44. The maximum atomic E-state index is 11.9. The molecule has 1 aromatic carbocycles. The number of pyridine rings is 1. The average molecular weight is 262 g/mol. The molecule has 102 valence electrons. The molecule has 0 aliphatic heterocycles. The van der Waals surface area contributed by atoms with E-state index in [0.717, 1.165) is 5.39 Å². The minimum atomic E-state index is -0.828. The lowest BCUT2D eigenvalue weighted by atomic mass is 9.98. The van der Waals surface area contributed by atoms with Crippen LogP contribution in [0.5, 0.6) is 0 Å². The first kappa shape index (κ1) is 13.6. The Balaban J connectivity index is 2.44. The zero-order valence-corrected chi connectivity index (χ0v) is 10.8. The first-order valence-electron chi connectivity index (χ1n) is 6.26. The van der Waals surface area contributed by atoms with E-state index >= 15 is 0 Å². The third kappa shape index (κ3) is 2.62. The largest absolute Gasteiger partial charge is 0.394 e. The van der Waals surface area contributed by atoms with Gasteiger partial charge in [0.1, 0.15) is 5.82 Å². The Hall–Kier alpha value is -1.85. The fraction of sp³-hybridized carbons (Fsp3) is 0.357. The van der Waals surface area contributed by atoms with Crippen molar-refractivity contribution in [3.63, 3.8) is 0 Å². The Bertz CT molecular complexity index is 609. The summed E-state index contributed by atoms with van der Waals surface area (Å²) in [5.41, 5.74) is -1.02. The highest BCUT2D eigenvalue weighted by Crippen LogP contribution is 2.18. The van der Waals surface area contributed by atoms with E-state index < -0.39 is 5.54 Å². The molecule has 2 aromatic rings. The molecule has 2 rings (SSSR count). The lowest BCUT2D eigenvalue weighted by Crippen LogP contribution is -2.45. The van der Waals surface area contributed by atoms with Gasteiger partial charge in [0.15, 0.2) is 0 Å². The summed E-state index contributed by atoms with van der Waals surface area (Å²) in [7, 11) is 0. The second kappa shape index (κ2) is 5.42. The zero-order valence-electron chi connectivity index (χ0n) is 10.8. The van der Waals surface area contributed by atoms with Crippen molar-refractivity contribution in [1.29, 1.82) is 0 Å². The highest BCUT2D eigenvalue weighted by atomic mass is 16.3. The number of aromatic nitrogens is 1. The van der Waals surface area contributed by atoms with E-state index in [1.807, 2.05) is 25.1 Å². The molecule has 4 N–H and O–H groups in total. The summed E-state index contributed by atoms with van der Waals surface area (Å²) in [6, 6.07) is 9.07. The van der Waals surface area contributed by atoms with Gasteiger partial charge in [-0.05, 0) is 23.9 Å². The summed E-state index contributed by atoms with van der Waals surface area (Å²) < 4.78 is 0. The van der Waals surface area contributed by atoms with Crippen LogP contribution >= 0.6 is 0 Å². The number of nitrogens with one attached hydrogen (secondary N) is 2. The van der Waals surface area contributed by atoms with Crippen LogP contribution < -0.4 is 10.9 Å². The Morgan fingerprint density at radius 3 is 2.58 bits per heavy atom. The van der Waals surface area contributed by atoms with Crippen LogP contribution in [-0.4, -0.2) is 33.9 Å². The number of aliphatic hydroxyl groups excluding tert-OH is 2. The molecular weight excluding hydrogens is 244 g/mol. The van der Waals surface area contributed by atoms with E-state index in [-0.39, 0.29) is 18.8 Å². The van der Waals surface area contributed by atoms with E-state index in [4.69, 9.17) is 0 Å². The fourth-order valence-electron chi connectivity index (χ4n) is 2.00. The standard InChI is InChI=1S/C14H18N2O3/c1-2-14(8-17,9-18)16-12-7-10-5-3-4-6-11(10)13(19)15-12/h3-7,17-18H,2,8-9H2,1H3,(H2,15,16,19). The molecule has 5 heteroatoms. The molecule has 0 unspecified atom stereocenters. The maximum absolute atomic E-state index is 11.9. The van der Waals surface area contributed by atoms with Crippen LogP contribution in [0.1, 0.15) is 13.3 Å². The molecule has 19 heavy (non-hydrogen) atoms. The number of anilines is 1. The van der Waals surface area contributed by atoms with E-state index in [1.54, 1.807) is 12.1 Å². The summed E-state index contributed by atoms with van der Waals surface area (Å²) >= 11 is 0. The van der Waals surface area contributed by atoms with Gasteiger partial charge in [0, 0.05) is 5.39 Å². The monoisotopic (exact) mass is 262 g/mol. The third-order valence-corrected chi connectivity index (χ3v) is 3.44. The fourth-order valence-corrected chi connectivity index (χ4v) is 2.00. The Labute approximate surface area is 110 Å². The van der Waals surface area contributed by atoms with E-state index in [9.17, 15) is 15.0 Å². The minimum Gasteiger partial charge on any atom is -0.394 e. The first-order chi connectivity index (χ1) is 9.14. The molecule has 0 radical (unpaired) electrons. The van der Waals surface area contributed by atoms with Crippen LogP contribution in [0.4, 0.5) is 5.82 Å². The van der Waals surface area contributed by atoms with Crippen molar-refractivity contribution in [3.05, 3.63) is 40.7 Å². The summed E-state index contributed by atoms with van der Waals surface area (Å²) in [6.45, 7) is 1.43. The number of hydrogen-bond donors (Lipinski definition) is 4. The predicted octanol–water partition coefficient (Wildman–Crippen LogP) is 1.07. The number of H-pyrrole nitrogens is 1. The molecule has 0 spiro atoms. The van der Waals surface area contributed by atoms with Gasteiger partial charge in [-0.2, -0.15) is 0 Å². The van der Waals surface area contributed by atoms with Crippen molar-refractivity contribution in [2.75, 3.05) is 18.5 Å². The van der Waals surface area contributed by atoms with Gasteiger partial charge in [0.25, 0.3) is 5.56 Å².